The smallest absolute Gasteiger partial charge is 0.348 e. The Hall–Kier alpha value is -5.30. The molecule has 7 heteroatoms. The monoisotopic (exact) mass is 534 g/mol. The molecule has 0 fully saturated rings. The molecule has 5 aromatic rings. The summed E-state index contributed by atoms with van der Waals surface area (Å²) in [6, 6.07) is 26.5. The molecule has 0 radical (unpaired) electrons. The van der Waals surface area contributed by atoms with Crippen molar-refractivity contribution in [1.29, 1.82) is 0 Å². The summed E-state index contributed by atoms with van der Waals surface area (Å²) in [6.07, 6.45) is 3.14. The van der Waals surface area contributed by atoms with Crippen LogP contribution in [0.15, 0.2) is 101 Å². The molecule has 0 saturated heterocycles. The summed E-state index contributed by atoms with van der Waals surface area (Å²) >= 11 is 0. The summed E-state index contributed by atoms with van der Waals surface area (Å²) in [4.78, 5) is 26.2. The number of esters is 1. The Labute approximate surface area is 231 Å². The van der Waals surface area contributed by atoms with Crippen molar-refractivity contribution in [3.63, 3.8) is 0 Å². The van der Waals surface area contributed by atoms with Crippen molar-refractivity contribution >= 4 is 28.8 Å². The number of benzene rings is 4. The molecule has 0 unspecified atom stereocenters. The molecule has 0 aliphatic rings. The predicted molar refractivity (Wildman–Crippen MR) is 153 cm³/mol. The van der Waals surface area contributed by atoms with Gasteiger partial charge >= 0.3 is 5.97 Å². The lowest BCUT2D eigenvalue weighted by Gasteiger charge is -2.08. The Kier molecular flexibility index (Phi) is 7.64. The van der Waals surface area contributed by atoms with Gasteiger partial charge in [-0.2, -0.15) is 0 Å². The number of furan rings is 1. The lowest BCUT2D eigenvalue weighted by Crippen LogP contribution is -2.09. The van der Waals surface area contributed by atoms with Crippen LogP contribution in [0.25, 0.3) is 28.4 Å². The van der Waals surface area contributed by atoms with Crippen molar-refractivity contribution in [3.8, 4) is 34.3 Å². The minimum atomic E-state index is -0.559. The van der Waals surface area contributed by atoms with E-state index in [1.54, 1.807) is 81.0 Å². The molecule has 1 heterocycles. The second kappa shape index (κ2) is 11.6. The number of ether oxygens (including phenoxy) is 4. The van der Waals surface area contributed by atoms with Gasteiger partial charge in [0, 0.05) is 17.0 Å². The highest BCUT2D eigenvalue weighted by Crippen LogP contribution is 2.36. The molecular weight excluding hydrogens is 508 g/mol. The van der Waals surface area contributed by atoms with Crippen LogP contribution in [0, 0.1) is 0 Å². The first-order chi connectivity index (χ1) is 19.5. The van der Waals surface area contributed by atoms with Crippen LogP contribution in [0.4, 0.5) is 0 Å². The minimum Gasteiger partial charge on any atom is -0.497 e. The highest BCUT2D eigenvalue weighted by molar-refractivity contribution is 6.10. The summed E-state index contributed by atoms with van der Waals surface area (Å²) in [5.74, 6) is 1.61. The lowest BCUT2D eigenvalue weighted by molar-refractivity contribution is 0.0736. The van der Waals surface area contributed by atoms with Gasteiger partial charge in [0.2, 0.25) is 0 Å². The van der Waals surface area contributed by atoms with Gasteiger partial charge in [0.25, 0.3) is 0 Å². The van der Waals surface area contributed by atoms with E-state index in [9.17, 15) is 9.59 Å². The van der Waals surface area contributed by atoms with Crippen LogP contribution in [-0.2, 0) is 0 Å². The van der Waals surface area contributed by atoms with Crippen LogP contribution in [0.5, 0.6) is 23.0 Å². The molecule has 7 nitrogen and oxygen atoms in total. The maximum atomic E-state index is 13.4. The molecule has 0 aliphatic heterocycles. The summed E-state index contributed by atoms with van der Waals surface area (Å²) in [7, 11) is 4.61. The van der Waals surface area contributed by atoms with Crippen molar-refractivity contribution in [2.75, 3.05) is 21.3 Å². The van der Waals surface area contributed by atoms with Crippen molar-refractivity contribution in [2.24, 2.45) is 0 Å². The van der Waals surface area contributed by atoms with E-state index in [1.807, 2.05) is 30.3 Å². The number of rotatable bonds is 9. The first kappa shape index (κ1) is 26.3. The summed E-state index contributed by atoms with van der Waals surface area (Å²) in [5.41, 5.74) is 2.78. The van der Waals surface area contributed by atoms with Crippen LogP contribution >= 0.6 is 0 Å². The second-order valence-corrected chi connectivity index (χ2v) is 8.76. The van der Waals surface area contributed by atoms with Crippen LogP contribution in [0.3, 0.4) is 0 Å². The SMILES string of the molecule is COc1ccc(C(=O)C=Cc2ccc(OC(=O)c3c(-c4ccccc4)oc4ccc(OC)cc34)cc2)c(OC)c1. The average Bonchev–Trinajstić information content (AvgIpc) is 3.39. The normalized spacial score (nSPS) is 11.0. The zero-order chi connectivity index (χ0) is 28.1. The van der Waals surface area contributed by atoms with E-state index in [2.05, 4.69) is 0 Å². The predicted octanol–water partition coefficient (Wildman–Crippen LogP) is 7.24. The molecule has 40 heavy (non-hydrogen) atoms. The standard InChI is InChI=1S/C33H26O7/c1-36-24-15-18-29-27(19-24)31(32(40-29)22-7-5-4-6-8-22)33(35)39-23-12-9-21(10-13-23)11-17-28(34)26-16-14-25(37-2)20-30(26)38-3/h4-20H,1-3H3. The van der Waals surface area contributed by atoms with E-state index in [0.717, 1.165) is 11.1 Å². The third kappa shape index (κ3) is 5.44. The number of carbonyl (C=O) groups is 2. The maximum Gasteiger partial charge on any atom is 0.348 e. The number of fused-ring (bicyclic) bond motifs is 1. The highest BCUT2D eigenvalue weighted by Gasteiger charge is 2.24. The van der Waals surface area contributed by atoms with Crippen molar-refractivity contribution in [1.82, 2.24) is 0 Å². The van der Waals surface area contributed by atoms with Gasteiger partial charge in [-0.05, 0) is 54.1 Å². The highest BCUT2D eigenvalue weighted by atomic mass is 16.5. The maximum absolute atomic E-state index is 13.4. The molecule has 0 N–H and O–H groups in total. The molecular formula is C33H26O7. The fraction of sp³-hybridized carbons (Fsp3) is 0.0909. The Morgan fingerprint density at radius 2 is 1.40 bits per heavy atom. The second-order valence-electron chi connectivity index (χ2n) is 8.76. The van der Waals surface area contributed by atoms with Crippen molar-refractivity contribution in [3.05, 3.63) is 114 Å². The van der Waals surface area contributed by atoms with E-state index in [0.29, 0.717) is 50.9 Å². The minimum absolute atomic E-state index is 0.217. The first-order valence-electron chi connectivity index (χ1n) is 12.4. The van der Waals surface area contributed by atoms with E-state index in [-0.39, 0.29) is 5.78 Å². The lowest BCUT2D eigenvalue weighted by atomic mass is 10.1. The molecule has 0 saturated carbocycles. The summed E-state index contributed by atoms with van der Waals surface area (Å²) < 4.78 is 27.7. The third-order valence-electron chi connectivity index (χ3n) is 6.33. The molecule has 0 spiro atoms. The Morgan fingerprint density at radius 3 is 2.10 bits per heavy atom. The fourth-order valence-electron chi connectivity index (χ4n) is 4.27. The zero-order valence-electron chi connectivity index (χ0n) is 22.2. The summed E-state index contributed by atoms with van der Waals surface area (Å²) in [6.45, 7) is 0. The first-order valence-corrected chi connectivity index (χ1v) is 12.4. The molecule has 0 aliphatic carbocycles. The molecule has 0 bridgehead atoms. The number of allylic oxidation sites excluding steroid dienone is 1. The molecule has 5 rings (SSSR count). The van der Waals surface area contributed by atoms with Crippen LogP contribution in [0.2, 0.25) is 0 Å². The van der Waals surface area contributed by atoms with Gasteiger partial charge in [-0.1, -0.05) is 48.5 Å². The molecule has 1 aromatic heterocycles. The van der Waals surface area contributed by atoms with Gasteiger partial charge in [-0.15, -0.1) is 0 Å². The van der Waals surface area contributed by atoms with Gasteiger partial charge in [-0.3, -0.25) is 4.79 Å². The number of hydrogen-bond acceptors (Lipinski definition) is 7. The molecule has 0 amide bonds. The third-order valence-corrected chi connectivity index (χ3v) is 6.33. The number of carbonyl (C=O) groups excluding carboxylic acids is 2. The van der Waals surface area contributed by atoms with E-state index in [4.69, 9.17) is 23.4 Å². The molecule has 4 aromatic carbocycles. The number of ketones is 1. The number of methoxy groups -OCH3 is 3. The van der Waals surface area contributed by atoms with Gasteiger partial charge < -0.3 is 23.4 Å². The van der Waals surface area contributed by atoms with E-state index >= 15 is 0 Å². The largest absolute Gasteiger partial charge is 0.497 e. The zero-order valence-corrected chi connectivity index (χ0v) is 22.2. The quantitative estimate of drug-likeness (QED) is 0.0853. The van der Waals surface area contributed by atoms with Gasteiger partial charge in [0.1, 0.15) is 39.9 Å². The van der Waals surface area contributed by atoms with E-state index < -0.39 is 5.97 Å². The van der Waals surface area contributed by atoms with Crippen molar-refractivity contribution in [2.45, 2.75) is 0 Å². The fourth-order valence-corrected chi connectivity index (χ4v) is 4.27. The van der Waals surface area contributed by atoms with Crippen LogP contribution < -0.4 is 18.9 Å². The summed E-state index contributed by atoms with van der Waals surface area (Å²) in [5, 5.41) is 0.593. The molecule has 0 atom stereocenters. The van der Waals surface area contributed by atoms with Crippen LogP contribution in [0.1, 0.15) is 26.3 Å². The topological polar surface area (TPSA) is 84.2 Å². The Morgan fingerprint density at radius 1 is 0.725 bits per heavy atom. The van der Waals surface area contributed by atoms with Crippen molar-refractivity contribution < 1.29 is 33.0 Å². The average molecular weight is 535 g/mol. The Bertz CT molecular complexity index is 1700. The Balaban J connectivity index is 1.37. The van der Waals surface area contributed by atoms with E-state index in [1.165, 1.54) is 13.2 Å². The molecule has 200 valence electrons. The number of hydrogen-bond donors (Lipinski definition) is 0. The van der Waals surface area contributed by atoms with Crippen LogP contribution in [-0.4, -0.2) is 33.1 Å². The van der Waals surface area contributed by atoms with Gasteiger partial charge in [0.15, 0.2) is 5.78 Å². The van der Waals surface area contributed by atoms with Gasteiger partial charge in [-0.25, -0.2) is 4.79 Å². The van der Waals surface area contributed by atoms with Gasteiger partial charge in [0.05, 0.1) is 26.9 Å².